The Bertz CT molecular complexity index is 591. The fraction of sp³-hybridized carbons (Fsp3) is 0.200. The summed E-state index contributed by atoms with van der Waals surface area (Å²) >= 11 is 11.4. The molecule has 0 bridgehead atoms. The number of nitrogens with one attached hydrogen (secondary N) is 1. The van der Waals surface area contributed by atoms with Gasteiger partial charge in [0.25, 0.3) is 5.91 Å². The molecule has 1 N–H and O–H groups in total. The molecule has 0 atom stereocenters. The van der Waals surface area contributed by atoms with Gasteiger partial charge in [0.2, 0.25) is 0 Å². The molecule has 0 aliphatic rings. The highest BCUT2D eigenvalue weighted by Crippen LogP contribution is 2.17. The van der Waals surface area contributed by atoms with Gasteiger partial charge in [-0.3, -0.25) is 9.48 Å². The van der Waals surface area contributed by atoms with Gasteiger partial charge in [-0.1, -0.05) is 23.2 Å². The van der Waals surface area contributed by atoms with Gasteiger partial charge < -0.3 is 5.32 Å². The molecule has 0 unspecified atom stereocenters. The van der Waals surface area contributed by atoms with Crippen LogP contribution in [0.2, 0.25) is 10.3 Å². The first kappa shape index (κ1) is 12.8. The van der Waals surface area contributed by atoms with Crippen LogP contribution in [0.4, 0.5) is 5.82 Å². The lowest BCUT2D eigenvalue weighted by atomic mass is 10.3. The van der Waals surface area contributed by atoms with Crippen molar-refractivity contribution in [2.45, 2.75) is 6.92 Å². The third-order valence-electron chi connectivity index (χ3n) is 2.32. The Labute approximate surface area is 113 Å². The maximum Gasteiger partial charge on any atom is 0.260 e. The molecule has 0 aliphatic carbocycles. The Morgan fingerprint density at radius 1 is 1.33 bits per heavy atom. The number of carbonyl (C=O) groups excluding carboxylic acids is 1. The van der Waals surface area contributed by atoms with E-state index >= 15 is 0 Å². The standard InChI is InChI=1S/C10H9Cl2N5O/c1-5-3-8(16-17(5)2)13-10(18)6-4-7(11)14-15-9(6)12/h3-4H,1-2H3,(H,13,16,18). The summed E-state index contributed by atoms with van der Waals surface area (Å²) in [7, 11) is 1.78. The summed E-state index contributed by atoms with van der Waals surface area (Å²) < 4.78 is 1.65. The first-order valence-electron chi connectivity index (χ1n) is 4.98. The molecule has 0 aliphatic heterocycles. The molecule has 0 saturated heterocycles. The Morgan fingerprint density at radius 2 is 2.06 bits per heavy atom. The van der Waals surface area contributed by atoms with Crippen LogP contribution in [0.3, 0.4) is 0 Å². The number of nitrogens with zero attached hydrogens (tertiary/aromatic N) is 4. The topological polar surface area (TPSA) is 72.7 Å². The second-order valence-corrected chi connectivity index (χ2v) is 4.37. The van der Waals surface area contributed by atoms with Crippen LogP contribution in [0.1, 0.15) is 16.1 Å². The van der Waals surface area contributed by atoms with Crippen molar-refractivity contribution in [3.8, 4) is 0 Å². The molecule has 0 saturated carbocycles. The maximum atomic E-state index is 11.9. The van der Waals surface area contributed by atoms with E-state index in [1.165, 1.54) is 6.07 Å². The fourth-order valence-electron chi connectivity index (χ4n) is 1.32. The van der Waals surface area contributed by atoms with Crippen LogP contribution >= 0.6 is 23.2 Å². The Kier molecular flexibility index (Phi) is 3.49. The van der Waals surface area contributed by atoms with E-state index in [4.69, 9.17) is 23.2 Å². The van der Waals surface area contributed by atoms with Crippen LogP contribution in [0.5, 0.6) is 0 Å². The normalized spacial score (nSPS) is 10.4. The van der Waals surface area contributed by atoms with Crippen molar-refractivity contribution in [1.29, 1.82) is 0 Å². The van der Waals surface area contributed by atoms with E-state index < -0.39 is 5.91 Å². The highest BCUT2D eigenvalue weighted by molar-refractivity contribution is 6.34. The van der Waals surface area contributed by atoms with Crippen molar-refractivity contribution in [1.82, 2.24) is 20.0 Å². The minimum absolute atomic E-state index is 0.00967. The van der Waals surface area contributed by atoms with E-state index in [1.54, 1.807) is 17.8 Å². The molecular weight excluding hydrogens is 277 g/mol. The van der Waals surface area contributed by atoms with Gasteiger partial charge in [-0.25, -0.2) is 0 Å². The second kappa shape index (κ2) is 4.91. The lowest BCUT2D eigenvalue weighted by Gasteiger charge is -2.03. The summed E-state index contributed by atoms with van der Waals surface area (Å²) in [6, 6.07) is 3.09. The van der Waals surface area contributed by atoms with Gasteiger partial charge in [0.15, 0.2) is 16.1 Å². The Hall–Kier alpha value is -1.66. The lowest BCUT2D eigenvalue weighted by molar-refractivity contribution is 0.102. The molecule has 0 spiro atoms. The van der Waals surface area contributed by atoms with E-state index in [0.717, 1.165) is 5.69 Å². The van der Waals surface area contributed by atoms with Crippen molar-refractivity contribution < 1.29 is 4.79 Å². The monoisotopic (exact) mass is 285 g/mol. The summed E-state index contributed by atoms with van der Waals surface area (Å²) in [5.74, 6) is -0.00102. The number of aryl methyl sites for hydroxylation is 2. The average molecular weight is 286 g/mol. The third kappa shape index (κ3) is 2.60. The van der Waals surface area contributed by atoms with Crippen LogP contribution in [-0.2, 0) is 7.05 Å². The smallest absolute Gasteiger partial charge is 0.260 e. The number of aromatic nitrogens is 4. The van der Waals surface area contributed by atoms with Crippen LogP contribution in [-0.4, -0.2) is 25.9 Å². The predicted molar refractivity (Wildman–Crippen MR) is 68.0 cm³/mol. The summed E-state index contributed by atoms with van der Waals surface area (Å²) in [5.41, 5.74) is 1.07. The second-order valence-electron chi connectivity index (χ2n) is 3.62. The maximum absolute atomic E-state index is 11.9. The van der Waals surface area contributed by atoms with Crippen molar-refractivity contribution in [2.75, 3.05) is 5.32 Å². The largest absolute Gasteiger partial charge is 0.305 e. The van der Waals surface area contributed by atoms with Crippen molar-refractivity contribution in [3.63, 3.8) is 0 Å². The third-order valence-corrected chi connectivity index (χ3v) is 2.78. The molecule has 2 aromatic heterocycles. The molecule has 18 heavy (non-hydrogen) atoms. The molecule has 0 aromatic carbocycles. The van der Waals surface area contributed by atoms with Gasteiger partial charge in [0.05, 0.1) is 5.56 Å². The van der Waals surface area contributed by atoms with Gasteiger partial charge >= 0.3 is 0 Å². The van der Waals surface area contributed by atoms with E-state index in [2.05, 4.69) is 20.6 Å². The fourth-order valence-corrected chi connectivity index (χ4v) is 1.64. The van der Waals surface area contributed by atoms with E-state index in [0.29, 0.717) is 5.82 Å². The molecule has 1 amide bonds. The van der Waals surface area contributed by atoms with E-state index in [9.17, 15) is 4.79 Å². The first-order chi connectivity index (χ1) is 8.47. The van der Waals surface area contributed by atoms with Crippen LogP contribution in [0.15, 0.2) is 12.1 Å². The predicted octanol–water partition coefficient (Wildman–Crippen LogP) is 2.08. The molecular formula is C10H9Cl2N5O. The van der Waals surface area contributed by atoms with Crippen LogP contribution in [0.25, 0.3) is 0 Å². The van der Waals surface area contributed by atoms with E-state index in [1.807, 2.05) is 6.92 Å². The van der Waals surface area contributed by atoms with Crippen LogP contribution in [0, 0.1) is 6.92 Å². The summed E-state index contributed by atoms with van der Waals surface area (Å²) in [6.07, 6.45) is 0. The summed E-state index contributed by atoms with van der Waals surface area (Å²) in [6.45, 7) is 1.88. The summed E-state index contributed by atoms with van der Waals surface area (Å²) in [5, 5.41) is 13.9. The zero-order chi connectivity index (χ0) is 13.3. The van der Waals surface area contributed by atoms with Gasteiger partial charge in [-0.05, 0) is 13.0 Å². The number of rotatable bonds is 2. The van der Waals surface area contributed by atoms with E-state index in [-0.39, 0.29) is 15.9 Å². The first-order valence-corrected chi connectivity index (χ1v) is 5.73. The Balaban J connectivity index is 2.24. The molecule has 0 fully saturated rings. The van der Waals surface area contributed by atoms with Gasteiger partial charge in [-0.2, -0.15) is 5.10 Å². The van der Waals surface area contributed by atoms with Gasteiger partial charge in [0, 0.05) is 18.8 Å². The molecule has 94 valence electrons. The molecule has 8 heteroatoms. The van der Waals surface area contributed by atoms with Crippen molar-refractivity contribution in [3.05, 3.63) is 33.7 Å². The zero-order valence-electron chi connectivity index (χ0n) is 9.61. The number of carbonyl (C=O) groups is 1. The molecule has 2 heterocycles. The SMILES string of the molecule is Cc1cc(NC(=O)c2cc(Cl)nnc2Cl)nn1C. The Morgan fingerprint density at radius 3 is 2.67 bits per heavy atom. The zero-order valence-corrected chi connectivity index (χ0v) is 11.1. The average Bonchev–Trinajstić information content (AvgIpc) is 2.61. The minimum atomic E-state index is -0.435. The molecule has 2 rings (SSSR count). The van der Waals surface area contributed by atoms with Crippen molar-refractivity contribution in [2.24, 2.45) is 7.05 Å². The highest BCUT2D eigenvalue weighted by atomic mass is 35.5. The van der Waals surface area contributed by atoms with Crippen LogP contribution < -0.4 is 5.32 Å². The summed E-state index contributed by atoms with van der Waals surface area (Å²) in [4.78, 5) is 11.9. The number of hydrogen-bond donors (Lipinski definition) is 1. The lowest BCUT2D eigenvalue weighted by Crippen LogP contribution is -2.14. The number of hydrogen-bond acceptors (Lipinski definition) is 4. The minimum Gasteiger partial charge on any atom is -0.305 e. The van der Waals surface area contributed by atoms with Gasteiger partial charge in [-0.15, -0.1) is 10.2 Å². The molecule has 2 aromatic rings. The molecule has 6 nitrogen and oxygen atoms in total. The number of amides is 1. The van der Waals surface area contributed by atoms with Gasteiger partial charge in [0.1, 0.15) is 0 Å². The number of halogens is 2. The quantitative estimate of drug-likeness (QED) is 0.917. The molecule has 0 radical (unpaired) electrons. The number of anilines is 1. The van der Waals surface area contributed by atoms with Crippen molar-refractivity contribution >= 4 is 34.9 Å². The highest BCUT2D eigenvalue weighted by Gasteiger charge is 2.14.